The van der Waals surface area contributed by atoms with Crippen LogP contribution in [0.25, 0.3) is 0 Å². The molecule has 1 fully saturated rings. The van der Waals surface area contributed by atoms with Crippen molar-refractivity contribution in [3.05, 3.63) is 18.1 Å². The molecule has 0 aliphatic heterocycles. The molecule has 1 saturated carbocycles. The van der Waals surface area contributed by atoms with Crippen LogP contribution in [0.5, 0.6) is 0 Å². The highest BCUT2D eigenvalue weighted by atomic mass is 79.9. The van der Waals surface area contributed by atoms with Crippen LogP contribution >= 0.6 is 15.9 Å². The lowest BCUT2D eigenvalue weighted by Crippen LogP contribution is -2.41. The Bertz CT molecular complexity index is 325. The van der Waals surface area contributed by atoms with Gasteiger partial charge in [-0.05, 0) is 26.2 Å². The summed E-state index contributed by atoms with van der Waals surface area (Å²) in [6, 6.07) is 2.76. The summed E-state index contributed by atoms with van der Waals surface area (Å²) >= 11 is 3.50. The van der Waals surface area contributed by atoms with Crippen LogP contribution in [0.4, 0.5) is 5.82 Å². The smallest absolute Gasteiger partial charge is 0.132 e. The number of halogens is 1. The molecule has 0 saturated heterocycles. The van der Waals surface area contributed by atoms with E-state index in [0.29, 0.717) is 6.04 Å². The Hall–Kier alpha value is -0.640. The predicted molar refractivity (Wildman–Crippen MR) is 65.5 cm³/mol. The number of hydrogen-bond donors (Lipinski definition) is 0. The Labute approximate surface area is 99.0 Å². The minimum atomic E-state index is 0.692. The van der Waals surface area contributed by atoms with E-state index in [9.17, 15) is 0 Å². The summed E-state index contributed by atoms with van der Waals surface area (Å²) in [6.45, 7) is 3.04. The van der Waals surface area contributed by atoms with E-state index >= 15 is 0 Å². The van der Waals surface area contributed by atoms with Gasteiger partial charge in [-0.25, -0.2) is 9.97 Å². The first kappa shape index (κ1) is 10.9. The summed E-state index contributed by atoms with van der Waals surface area (Å²) in [5.41, 5.74) is 1.04. The maximum atomic E-state index is 4.36. The van der Waals surface area contributed by atoms with Gasteiger partial charge in [0, 0.05) is 29.7 Å². The minimum absolute atomic E-state index is 0.692. The van der Waals surface area contributed by atoms with Gasteiger partial charge in [-0.15, -0.1) is 0 Å². The zero-order valence-electron chi connectivity index (χ0n) is 8.99. The standard InChI is InChI=1S/C11H16BrN3/c1-9-7-11(14-8-13-9)15(6-5-12)10-3-2-4-10/h7-8,10H,2-6H2,1H3. The Balaban J connectivity index is 2.15. The first-order valence-corrected chi connectivity index (χ1v) is 6.54. The SMILES string of the molecule is Cc1cc(N(CCBr)C2CCC2)ncn1. The lowest BCUT2D eigenvalue weighted by molar-refractivity contribution is 0.389. The fraction of sp³-hybridized carbons (Fsp3) is 0.636. The molecule has 0 unspecified atom stereocenters. The summed E-state index contributed by atoms with van der Waals surface area (Å²) in [6.07, 6.45) is 5.62. The fourth-order valence-corrected chi connectivity index (χ4v) is 2.25. The van der Waals surface area contributed by atoms with Crippen molar-refractivity contribution >= 4 is 21.7 Å². The zero-order chi connectivity index (χ0) is 10.7. The molecule has 0 bridgehead atoms. The minimum Gasteiger partial charge on any atom is -0.353 e. The maximum absolute atomic E-state index is 4.36. The quantitative estimate of drug-likeness (QED) is 0.787. The Morgan fingerprint density at radius 1 is 1.47 bits per heavy atom. The van der Waals surface area contributed by atoms with Crippen molar-refractivity contribution in [2.45, 2.75) is 32.2 Å². The van der Waals surface area contributed by atoms with Crippen LogP contribution < -0.4 is 4.90 Å². The highest BCUT2D eigenvalue weighted by Gasteiger charge is 2.25. The van der Waals surface area contributed by atoms with Gasteiger partial charge in [-0.2, -0.15) is 0 Å². The Kier molecular flexibility index (Phi) is 3.57. The molecule has 0 N–H and O–H groups in total. The van der Waals surface area contributed by atoms with Gasteiger partial charge in [-0.3, -0.25) is 0 Å². The summed E-state index contributed by atoms with van der Waals surface area (Å²) < 4.78 is 0. The molecule has 1 aliphatic carbocycles. The van der Waals surface area contributed by atoms with E-state index in [4.69, 9.17) is 0 Å². The molecule has 1 aromatic rings. The number of rotatable bonds is 4. The molecule has 0 radical (unpaired) electrons. The van der Waals surface area contributed by atoms with Crippen molar-refractivity contribution in [2.75, 3.05) is 16.8 Å². The van der Waals surface area contributed by atoms with Crippen LogP contribution in [-0.4, -0.2) is 27.9 Å². The lowest BCUT2D eigenvalue weighted by atomic mass is 9.91. The number of anilines is 1. The van der Waals surface area contributed by atoms with Gasteiger partial charge in [-0.1, -0.05) is 15.9 Å². The number of nitrogens with zero attached hydrogens (tertiary/aromatic N) is 3. The molecule has 2 rings (SSSR count). The summed E-state index contributed by atoms with van der Waals surface area (Å²) in [5.74, 6) is 1.08. The van der Waals surface area contributed by atoms with E-state index in [1.807, 2.05) is 6.92 Å². The highest BCUT2D eigenvalue weighted by molar-refractivity contribution is 9.09. The van der Waals surface area contributed by atoms with E-state index in [1.165, 1.54) is 19.3 Å². The second-order valence-corrected chi connectivity index (χ2v) is 4.78. The van der Waals surface area contributed by atoms with Gasteiger partial charge in [0.2, 0.25) is 0 Å². The third kappa shape index (κ3) is 2.48. The van der Waals surface area contributed by atoms with E-state index < -0.39 is 0 Å². The third-order valence-corrected chi connectivity index (χ3v) is 3.28. The summed E-state index contributed by atoms with van der Waals surface area (Å²) in [7, 11) is 0. The summed E-state index contributed by atoms with van der Waals surface area (Å²) in [4.78, 5) is 10.9. The van der Waals surface area contributed by atoms with Crippen LogP contribution in [0.3, 0.4) is 0 Å². The molecule has 1 aliphatic rings. The molecule has 1 aromatic heterocycles. The van der Waals surface area contributed by atoms with E-state index in [-0.39, 0.29) is 0 Å². The second-order valence-electron chi connectivity index (χ2n) is 3.98. The largest absolute Gasteiger partial charge is 0.353 e. The third-order valence-electron chi connectivity index (χ3n) is 2.92. The molecular formula is C11H16BrN3. The summed E-state index contributed by atoms with van der Waals surface area (Å²) in [5, 5.41) is 0.993. The van der Waals surface area contributed by atoms with E-state index in [0.717, 1.165) is 23.4 Å². The average Bonchev–Trinajstić information content (AvgIpc) is 2.14. The van der Waals surface area contributed by atoms with Crippen molar-refractivity contribution in [1.29, 1.82) is 0 Å². The number of aromatic nitrogens is 2. The maximum Gasteiger partial charge on any atom is 0.132 e. The molecule has 1 heterocycles. The van der Waals surface area contributed by atoms with E-state index in [1.54, 1.807) is 6.33 Å². The monoisotopic (exact) mass is 269 g/mol. The Morgan fingerprint density at radius 2 is 2.27 bits per heavy atom. The predicted octanol–water partition coefficient (Wildman–Crippen LogP) is 2.54. The molecule has 3 nitrogen and oxygen atoms in total. The van der Waals surface area contributed by atoms with Gasteiger partial charge in [0.05, 0.1) is 0 Å². The van der Waals surface area contributed by atoms with Crippen LogP contribution in [0.2, 0.25) is 0 Å². The molecule has 0 spiro atoms. The number of alkyl halides is 1. The van der Waals surface area contributed by atoms with Crippen molar-refractivity contribution in [2.24, 2.45) is 0 Å². The molecule has 4 heteroatoms. The van der Waals surface area contributed by atoms with Gasteiger partial charge < -0.3 is 4.90 Å². The van der Waals surface area contributed by atoms with Crippen molar-refractivity contribution in [3.8, 4) is 0 Å². The van der Waals surface area contributed by atoms with Crippen LogP contribution in [-0.2, 0) is 0 Å². The fourth-order valence-electron chi connectivity index (χ4n) is 1.87. The number of aryl methyl sites for hydroxylation is 1. The lowest BCUT2D eigenvalue weighted by Gasteiger charge is -2.38. The normalized spacial score (nSPS) is 16.1. The van der Waals surface area contributed by atoms with E-state index in [2.05, 4.69) is 36.9 Å². The molecule has 82 valence electrons. The van der Waals surface area contributed by atoms with Crippen LogP contribution in [0, 0.1) is 6.92 Å². The Morgan fingerprint density at radius 3 is 2.80 bits per heavy atom. The molecular weight excluding hydrogens is 254 g/mol. The first-order chi connectivity index (χ1) is 7.31. The average molecular weight is 270 g/mol. The van der Waals surface area contributed by atoms with Crippen molar-refractivity contribution in [3.63, 3.8) is 0 Å². The molecule has 0 aromatic carbocycles. The van der Waals surface area contributed by atoms with Gasteiger partial charge in [0.25, 0.3) is 0 Å². The van der Waals surface area contributed by atoms with Crippen LogP contribution in [0.15, 0.2) is 12.4 Å². The van der Waals surface area contributed by atoms with Crippen LogP contribution in [0.1, 0.15) is 25.0 Å². The van der Waals surface area contributed by atoms with Crippen molar-refractivity contribution < 1.29 is 0 Å². The topological polar surface area (TPSA) is 29.0 Å². The molecule has 0 amide bonds. The zero-order valence-corrected chi connectivity index (χ0v) is 10.6. The molecule has 15 heavy (non-hydrogen) atoms. The van der Waals surface area contributed by atoms with Crippen molar-refractivity contribution in [1.82, 2.24) is 9.97 Å². The first-order valence-electron chi connectivity index (χ1n) is 5.42. The van der Waals surface area contributed by atoms with Gasteiger partial charge in [0.1, 0.15) is 12.1 Å². The second kappa shape index (κ2) is 4.92. The van der Waals surface area contributed by atoms with Gasteiger partial charge >= 0.3 is 0 Å². The molecule has 0 atom stereocenters. The highest BCUT2D eigenvalue weighted by Crippen LogP contribution is 2.28. The number of hydrogen-bond acceptors (Lipinski definition) is 3. The van der Waals surface area contributed by atoms with Gasteiger partial charge in [0.15, 0.2) is 0 Å².